The van der Waals surface area contributed by atoms with E-state index in [-0.39, 0.29) is 23.8 Å². The Balaban J connectivity index is -0.000000118. The van der Waals surface area contributed by atoms with E-state index in [1.54, 1.807) is 0 Å². The predicted octanol–water partition coefficient (Wildman–Crippen LogP) is 7.23. The fourth-order valence-electron chi connectivity index (χ4n) is 1.55. The van der Waals surface area contributed by atoms with Crippen molar-refractivity contribution < 1.29 is 19.5 Å². The second-order valence-electron chi connectivity index (χ2n) is 5.24. The molecule has 0 aliphatic rings. The molecule has 25 heavy (non-hydrogen) atoms. The summed E-state index contributed by atoms with van der Waals surface area (Å²) in [5.74, 6) is 0. The Morgan fingerprint density at radius 2 is 1.24 bits per heavy atom. The minimum atomic E-state index is 0. The van der Waals surface area contributed by atoms with Crippen LogP contribution in [-0.4, -0.2) is 4.32 Å². The average molecular weight is 434 g/mol. The van der Waals surface area contributed by atoms with Gasteiger partial charge in [-0.2, -0.15) is 49.2 Å². The molecular formula is C21H38NS2Zn-3. The van der Waals surface area contributed by atoms with Gasteiger partial charge in [-0.15, -0.1) is 12.6 Å². The Morgan fingerprint density at radius 1 is 0.880 bits per heavy atom. The summed E-state index contributed by atoms with van der Waals surface area (Å²) < 4.78 is 0.194. The first-order chi connectivity index (χ1) is 11.6. The normalized spacial score (nSPS) is 8.20. The fourth-order valence-corrected chi connectivity index (χ4v) is 1.55. The van der Waals surface area contributed by atoms with E-state index in [9.17, 15) is 0 Å². The van der Waals surface area contributed by atoms with E-state index in [0.717, 1.165) is 12.8 Å². The number of hydrogen-bond donors (Lipinski definition) is 2. The van der Waals surface area contributed by atoms with Gasteiger partial charge < -0.3 is 19.6 Å². The van der Waals surface area contributed by atoms with E-state index in [4.69, 9.17) is 5.73 Å². The van der Waals surface area contributed by atoms with Crippen LogP contribution in [0.1, 0.15) is 78.1 Å². The topological polar surface area (TPSA) is 26.0 Å². The van der Waals surface area contributed by atoms with Crippen molar-refractivity contribution in [2.45, 2.75) is 78.1 Å². The van der Waals surface area contributed by atoms with Crippen molar-refractivity contribution in [3.05, 3.63) is 50.2 Å². The molecule has 0 unspecified atom stereocenters. The summed E-state index contributed by atoms with van der Waals surface area (Å²) in [5, 5.41) is 0. The monoisotopic (exact) mass is 432 g/mol. The zero-order chi connectivity index (χ0) is 18.9. The molecule has 0 bridgehead atoms. The average Bonchev–Trinajstić information content (AvgIpc) is 2.58. The second-order valence-corrected chi connectivity index (χ2v) is 6.47. The van der Waals surface area contributed by atoms with E-state index in [1.807, 2.05) is 30.3 Å². The third-order valence-electron chi connectivity index (χ3n) is 2.81. The smallest absolute Gasteiger partial charge is 0.128 e. The number of benzene rings is 1. The van der Waals surface area contributed by atoms with Gasteiger partial charge in [0.1, 0.15) is 4.32 Å². The molecule has 144 valence electrons. The van der Waals surface area contributed by atoms with E-state index in [2.05, 4.69) is 58.6 Å². The van der Waals surface area contributed by atoms with Crippen molar-refractivity contribution in [3.8, 4) is 0 Å². The summed E-state index contributed by atoms with van der Waals surface area (Å²) in [6.07, 6.45) is 13.0. The largest absolute Gasteiger partial charge is 0.385 e. The molecule has 2 N–H and O–H groups in total. The number of hydrogen-bond acceptors (Lipinski definition) is 1. The van der Waals surface area contributed by atoms with Gasteiger partial charge in [-0.05, 0) is 0 Å². The molecule has 0 radical (unpaired) electrons. The molecule has 0 aliphatic carbocycles. The van der Waals surface area contributed by atoms with Crippen molar-refractivity contribution in [1.82, 2.24) is 0 Å². The van der Waals surface area contributed by atoms with Crippen LogP contribution in [0.15, 0.2) is 30.3 Å². The van der Waals surface area contributed by atoms with Crippen molar-refractivity contribution in [1.29, 1.82) is 0 Å². The molecule has 0 amide bonds. The minimum Gasteiger partial charge on any atom is -0.385 e. The van der Waals surface area contributed by atoms with E-state index in [1.165, 1.54) is 51.4 Å². The zero-order valence-corrected chi connectivity index (χ0v) is 21.2. The van der Waals surface area contributed by atoms with Crippen molar-refractivity contribution in [3.63, 3.8) is 0 Å². The van der Waals surface area contributed by atoms with Crippen LogP contribution in [0.5, 0.6) is 0 Å². The zero-order valence-electron chi connectivity index (χ0n) is 16.5. The number of nitrogens with two attached hydrogens (primary N) is 1. The first-order valence-electron chi connectivity index (χ1n) is 9.04. The van der Waals surface area contributed by atoms with Crippen LogP contribution in [-0.2, 0) is 19.5 Å². The number of thiol groups is 1. The number of rotatable bonds is 8. The molecule has 1 aromatic rings. The van der Waals surface area contributed by atoms with Crippen LogP contribution >= 0.6 is 24.8 Å². The Labute approximate surface area is 182 Å². The van der Waals surface area contributed by atoms with Crippen molar-refractivity contribution in [2.75, 3.05) is 0 Å². The van der Waals surface area contributed by atoms with Gasteiger partial charge in [-0.25, -0.2) is 0 Å². The summed E-state index contributed by atoms with van der Waals surface area (Å²) in [7, 11) is 0. The van der Waals surface area contributed by atoms with E-state index < -0.39 is 0 Å². The van der Waals surface area contributed by atoms with E-state index in [0.29, 0.717) is 0 Å². The quantitative estimate of drug-likeness (QED) is 0.149. The van der Waals surface area contributed by atoms with Crippen LogP contribution in [0.4, 0.5) is 0 Å². The molecule has 0 atom stereocenters. The first-order valence-corrected chi connectivity index (χ1v) is 9.90. The molecule has 0 saturated heterocycles. The fraction of sp³-hybridized carbons (Fsp3) is 0.571. The summed E-state index contributed by atoms with van der Waals surface area (Å²) in [6, 6.07) is 12.5. The summed E-state index contributed by atoms with van der Waals surface area (Å²) >= 11 is 7.65. The third-order valence-corrected chi connectivity index (χ3v) is 2.81. The molecule has 0 aliphatic heterocycles. The number of unbranched alkanes of at least 4 members (excludes halogenated alkanes) is 8. The molecular weight excluding hydrogens is 396 g/mol. The van der Waals surface area contributed by atoms with Gasteiger partial charge >= 0.3 is 0 Å². The van der Waals surface area contributed by atoms with E-state index >= 15 is 0 Å². The molecule has 0 saturated carbocycles. The number of thiocarbonyl (C=S) groups is 1. The molecule has 0 heterocycles. The van der Waals surface area contributed by atoms with Gasteiger partial charge in [0.2, 0.25) is 0 Å². The van der Waals surface area contributed by atoms with Gasteiger partial charge in [-0.3, -0.25) is 0 Å². The third kappa shape index (κ3) is 59.2. The van der Waals surface area contributed by atoms with Crippen molar-refractivity contribution in [2.24, 2.45) is 5.73 Å². The maximum Gasteiger partial charge on any atom is 0.128 e. The summed E-state index contributed by atoms with van der Waals surface area (Å²) in [4.78, 5) is 0. The molecule has 1 rings (SSSR count). The Bertz CT molecular complexity index is 259. The van der Waals surface area contributed by atoms with Crippen LogP contribution in [0, 0.1) is 19.9 Å². The van der Waals surface area contributed by atoms with Crippen molar-refractivity contribution >= 4 is 29.2 Å². The van der Waals surface area contributed by atoms with Gasteiger partial charge in [0, 0.05) is 19.5 Å². The minimum absolute atomic E-state index is 0. The van der Waals surface area contributed by atoms with Gasteiger partial charge in [0.05, 0.1) is 0 Å². The molecule has 0 fully saturated rings. The van der Waals surface area contributed by atoms with Crippen LogP contribution in [0.25, 0.3) is 0 Å². The van der Waals surface area contributed by atoms with Crippen LogP contribution < -0.4 is 5.73 Å². The van der Waals surface area contributed by atoms with Gasteiger partial charge in [-0.1, -0.05) is 77.4 Å². The Morgan fingerprint density at radius 3 is 1.40 bits per heavy atom. The maximum absolute atomic E-state index is 4.71. The van der Waals surface area contributed by atoms with Gasteiger partial charge in [0.25, 0.3) is 0 Å². The van der Waals surface area contributed by atoms with Crippen LogP contribution in [0.2, 0.25) is 0 Å². The SMILES string of the molecule is NC(=S)S.[CH2-]CCCCCC.[CH2-]CCCCCC.[Zn].[c-]1ccccc1. The molecule has 1 aromatic carbocycles. The molecule has 0 spiro atoms. The van der Waals surface area contributed by atoms with Gasteiger partial charge in [0.15, 0.2) is 0 Å². The van der Waals surface area contributed by atoms with Crippen LogP contribution in [0.3, 0.4) is 0 Å². The summed E-state index contributed by atoms with van der Waals surface area (Å²) in [5.41, 5.74) is 4.71. The maximum atomic E-state index is 4.71. The Kier molecular flexibility index (Phi) is 46.1. The molecule has 4 heteroatoms. The second kappa shape index (κ2) is 35.2. The standard InChI is InChI=1S/2C7H15.C6H5.CH3NS2.Zn/c2*1-3-5-7-6-4-2;1-2-4-6-5-3-1;2-1(3)4;/h2*1,3-7H2,2H3;1-5H;(H3,2,3,4);/q3*-1;;. The summed E-state index contributed by atoms with van der Waals surface area (Å²) in [6.45, 7) is 12.0. The predicted molar refractivity (Wildman–Crippen MR) is 119 cm³/mol. The molecule has 0 aromatic heterocycles. The first kappa shape index (κ1) is 32.7. The Hall–Kier alpha value is 0.0834. The molecule has 1 nitrogen and oxygen atoms in total.